The van der Waals surface area contributed by atoms with Gasteiger partial charge in [-0.2, -0.15) is 13.2 Å². The number of pyridine rings is 1. The summed E-state index contributed by atoms with van der Waals surface area (Å²) in [7, 11) is 1.58. The van der Waals surface area contributed by atoms with Crippen molar-refractivity contribution in [1.82, 2.24) is 20.2 Å². The average molecular weight is 806 g/mol. The Bertz CT molecular complexity index is 2190. The molecule has 3 aliphatic rings. The van der Waals surface area contributed by atoms with Crippen molar-refractivity contribution >= 4 is 45.7 Å². The van der Waals surface area contributed by atoms with Crippen molar-refractivity contribution in [3.8, 4) is 22.2 Å². The Morgan fingerprint density at radius 2 is 1.86 bits per heavy atom. The molecule has 57 heavy (non-hydrogen) atoms. The van der Waals surface area contributed by atoms with Gasteiger partial charge in [-0.15, -0.1) is 11.3 Å². The molecule has 0 bridgehead atoms. The fourth-order valence-electron chi connectivity index (χ4n) is 7.76. The van der Waals surface area contributed by atoms with Crippen LogP contribution in [0.5, 0.6) is 11.5 Å². The number of thiazole rings is 1. The maximum Gasteiger partial charge on any atom is 0.416 e. The highest BCUT2D eigenvalue weighted by Crippen LogP contribution is 2.46. The number of ether oxygens (including phenoxy) is 2. The van der Waals surface area contributed by atoms with Crippen molar-refractivity contribution in [1.29, 1.82) is 0 Å². The van der Waals surface area contributed by atoms with Crippen LogP contribution >= 0.6 is 11.3 Å². The first kappa shape index (κ1) is 40.0. The standard InChI is InChI=1S/C42H46F3N5O6S/c1-23(2)32-22-57-38(48-32)31-19-35(29-16-17-34(55-4)24(3)36(29)47-31)56-28-18-33-37(51)49-41(40(53)54)20-26(41)10-8-6-5-7-9-11-30(39(52)50(33)21-28)46-27-14-12-25(13-15-27)42(43,44)45/h8,10,12-17,19,22-23,26,28,30,33,46H,5-7,9,11,18,20-21H2,1-4H3,(H,49,51)(H,53,54)/b10-8-/t26-,28-,30+,33+,41-/m1/s1. The zero-order valence-electron chi connectivity index (χ0n) is 32.2. The summed E-state index contributed by atoms with van der Waals surface area (Å²) in [5.74, 6) is -1.26. The monoisotopic (exact) mass is 805 g/mol. The van der Waals surface area contributed by atoms with Crippen LogP contribution in [0.1, 0.15) is 81.5 Å². The molecule has 2 fully saturated rings. The topological polar surface area (TPSA) is 143 Å². The van der Waals surface area contributed by atoms with E-state index in [0.717, 1.165) is 36.2 Å². The lowest BCUT2D eigenvalue weighted by Gasteiger charge is -2.30. The second-order valence-electron chi connectivity index (χ2n) is 15.4. The number of aliphatic carboxylic acids is 1. The molecule has 0 unspecified atom stereocenters. The average Bonchev–Trinajstić information content (AvgIpc) is 3.46. The predicted molar refractivity (Wildman–Crippen MR) is 210 cm³/mol. The van der Waals surface area contributed by atoms with Crippen LogP contribution in [0.2, 0.25) is 0 Å². The lowest BCUT2D eigenvalue weighted by atomic mass is 10.0. The molecule has 0 radical (unpaired) electrons. The molecule has 11 nitrogen and oxygen atoms in total. The number of nitrogens with one attached hydrogen (secondary N) is 2. The van der Waals surface area contributed by atoms with Gasteiger partial charge >= 0.3 is 12.1 Å². The van der Waals surface area contributed by atoms with Gasteiger partial charge in [0, 0.05) is 40.4 Å². The summed E-state index contributed by atoms with van der Waals surface area (Å²) in [6, 6.07) is 8.00. The van der Waals surface area contributed by atoms with Gasteiger partial charge in [0.1, 0.15) is 45.9 Å². The number of benzene rings is 2. The molecule has 1 aliphatic carbocycles. The number of nitrogens with zero attached hydrogens (tertiary/aromatic N) is 3. The molecule has 2 aromatic heterocycles. The van der Waals surface area contributed by atoms with E-state index in [1.54, 1.807) is 7.11 Å². The summed E-state index contributed by atoms with van der Waals surface area (Å²) in [4.78, 5) is 52.7. The molecule has 302 valence electrons. The van der Waals surface area contributed by atoms with E-state index in [1.165, 1.54) is 28.4 Å². The zero-order valence-corrected chi connectivity index (χ0v) is 33.0. The highest BCUT2D eigenvalue weighted by atomic mass is 32.1. The van der Waals surface area contributed by atoms with Crippen LogP contribution in [0.15, 0.2) is 60.0 Å². The predicted octanol–water partition coefficient (Wildman–Crippen LogP) is 8.13. The van der Waals surface area contributed by atoms with Crippen molar-refractivity contribution < 1.29 is 42.1 Å². The number of allylic oxidation sites excluding steroid dienone is 1. The van der Waals surface area contributed by atoms with Crippen molar-refractivity contribution in [2.24, 2.45) is 5.92 Å². The third-order valence-electron chi connectivity index (χ3n) is 11.2. The number of hydrogen-bond acceptors (Lipinski definition) is 9. The number of aryl methyl sites for hydroxylation is 1. The van der Waals surface area contributed by atoms with Gasteiger partial charge in [-0.25, -0.2) is 14.8 Å². The number of carboxylic acid groups (broad SMARTS) is 1. The number of carbonyl (C=O) groups is 3. The molecule has 0 spiro atoms. The number of fused-ring (bicyclic) bond motifs is 3. The van der Waals surface area contributed by atoms with Gasteiger partial charge in [0.15, 0.2) is 0 Å². The SMILES string of the molecule is COc1ccc2c(O[C@@H]3C[C@H]4C(=O)N[C@]5(C(=O)O)C[C@H]5/C=C\CCCCC[C@H](Nc5ccc(C(F)(F)F)cc5)C(=O)N4C3)cc(-c3nc(C(C)C)cs3)nc2c1C. The lowest BCUT2D eigenvalue weighted by molar-refractivity contribution is -0.145. The summed E-state index contributed by atoms with van der Waals surface area (Å²) in [5.41, 5.74) is 0.969. The molecule has 1 saturated heterocycles. The van der Waals surface area contributed by atoms with Crippen LogP contribution in [-0.4, -0.2) is 75.1 Å². The van der Waals surface area contributed by atoms with Crippen molar-refractivity contribution in [2.75, 3.05) is 19.0 Å². The van der Waals surface area contributed by atoms with Crippen LogP contribution in [-0.2, 0) is 20.6 Å². The van der Waals surface area contributed by atoms with E-state index in [2.05, 4.69) is 24.5 Å². The Hall–Kier alpha value is -5.18. The molecule has 2 aliphatic heterocycles. The van der Waals surface area contributed by atoms with Crippen molar-refractivity contribution in [2.45, 2.75) is 102 Å². The first-order chi connectivity index (χ1) is 27.2. The largest absolute Gasteiger partial charge is 0.496 e. The fraction of sp³-hybridized carbons (Fsp3) is 0.452. The summed E-state index contributed by atoms with van der Waals surface area (Å²) in [5, 5.41) is 19.6. The fourth-order valence-corrected chi connectivity index (χ4v) is 8.70. The Morgan fingerprint density at radius 3 is 2.54 bits per heavy atom. The second-order valence-corrected chi connectivity index (χ2v) is 16.3. The zero-order chi connectivity index (χ0) is 40.6. The van der Waals surface area contributed by atoms with Gasteiger partial charge in [0.25, 0.3) is 0 Å². The molecule has 1 saturated carbocycles. The molecule has 15 heteroatoms. The van der Waals surface area contributed by atoms with Gasteiger partial charge in [0.2, 0.25) is 11.8 Å². The number of halogens is 3. The normalized spacial score (nSPS) is 24.9. The molecule has 2 aromatic carbocycles. The van der Waals surface area contributed by atoms with E-state index in [-0.39, 0.29) is 31.2 Å². The number of aromatic nitrogens is 2. The minimum Gasteiger partial charge on any atom is -0.496 e. The second kappa shape index (κ2) is 16.0. The van der Waals surface area contributed by atoms with E-state index in [4.69, 9.17) is 19.4 Å². The number of rotatable bonds is 8. The van der Waals surface area contributed by atoms with E-state index >= 15 is 0 Å². The molecular weight excluding hydrogens is 760 g/mol. The number of methoxy groups -OCH3 is 1. The maximum atomic E-state index is 14.7. The Morgan fingerprint density at radius 1 is 1.09 bits per heavy atom. The minimum atomic E-state index is -4.52. The van der Waals surface area contributed by atoms with Gasteiger partial charge in [-0.1, -0.05) is 38.8 Å². The van der Waals surface area contributed by atoms with E-state index in [1.807, 2.05) is 42.7 Å². The number of anilines is 1. The van der Waals surface area contributed by atoms with E-state index in [0.29, 0.717) is 58.1 Å². The van der Waals surface area contributed by atoms with Crippen LogP contribution < -0.4 is 20.1 Å². The van der Waals surface area contributed by atoms with Crippen molar-refractivity contribution in [3.63, 3.8) is 0 Å². The third kappa shape index (κ3) is 8.30. The van der Waals surface area contributed by atoms with Crippen LogP contribution in [0.25, 0.3) is 21.6 Å². The Kier molecular flexibility index (Phi) is 11.2. The van der Waals surface area contributed by atoms with Gasteiger partial charge < -0.3 is 30.1 Å². The highest BCUT2D eigenvalue weighted by molar-refractivity contribution is 7.13. The molecule has 3 N–H and O–H groups in total. The number of alkyl halides is 3. The maximum absolute atomic E-state index is 14.7. The van der Waals surface area contributed by atoms with Gasteiger partial charge in [-0.3, -0.25) is 9.59 Å². The molecule has 2 amide bonds. The minimum absolute atomic E-state index is 0.00541. The summed E-state index contributed by atoms with van der Waals surface area (Å²) in [6.07, 6.45) is 2.12. The number of carbonyl (C=O) groups excluding carboxylic acids is 2. The molecule has 7 rings (SSSR count). The summed E-state index contributed by atoms with van der Waals surface area (Å²) in [6.45, 7) is 6.02. The molecule has 4 heterocycles. The number of amides is 2. The molecule has 4 aromatic rings. The molecular formula is C42H46F3N5O6S. The smallest absolute Gasteiger partial charge is 0.416 e. The summed E-state index contributed by atoms with van der Waals surface area (Å²) < 4.78 is 52.4. The highest BCUT2D eigenvalue weighted by Gasteiger charge is 2.61. The van der Waals surface area contributed by atoms with E-state index < -0.39 is 53.2 Å². The first-order valence-electron chi connectivity index (χ1n) is 19.3. The lowest BCUT2D eigenvalue weighted by Crippen LogP contribution is -2.55. The molecule has 5 atom stereocenters. The van der Waals surface area contributed by atoms with E-state index in [9.17, 15) is 32.7 Å². The van der Waals surface area contributed by atoms with Gasteiger partial charge in [0.05, 0.1) is 30.4 Å². The van der Waals surface area contributed by atoms with Crippen molar-refractivity contribution in [3.05, 3.63) is 76.8 Å². The number of hydrogen-bond donors (Lipinski definition) is 3. The third-order valence-corrected chi connectivity index (χ3v) is 12.1. The Labute approximate surface area is 332 Å². The summed E-state index contributed by atoms with van der Waals surface area (Å²) >= 11 is 1.47. The van der Waals surface area contributed by atoms with Crippen LogP contribution in [0.4, 0.5) is 18.9 Å². The Balaban J connectivity index is 1.24. The van der Waals surface area contributed by atoms with Crippen LogP contribution in [0.3, 0.4) is 0 Å². The quantitative estimate of drug-likeness (QED) is 0.151. The van der Waals surface area contributed by atoms with Crippen LogP contribution in [0, 0.1) is 12.8 Å². The first-order valence-corrected chi connectivity index (χ1v) is 20.1. The number of carboxylic acids is 1. The van der Waals surface area contributed by atoms with Gasteiger partial charge in [-0.05, 0) is 74.9 Å².